The Kier molecular flexibility index (Phi) is 3.70. The second kappa shape index (κ2) is 5.09. The summed E-state index contributed by atoms with van der Waals surface area (Å²) in [5, 5.41) is 14.3. The molecule has 2 aromatic rings. The molecule has 1 atom stereocenters. The molecule has 0 spiro atoms. The van der Waals surface area contributed by atoms with E-state index in [1.807, 2.05) is 12.3 Å². The SMILES string of the molecule is C=CCNC(C(=O)O)c1c(Cl)nc2scc(C)n12. The number of carboxylic acid groups (broad SMARTS) is 1. The quantitative estimate of drug-likeness (QED) is 0.827. The number of halogens is 1. The van der Waals surface area contributed by atoms with Gasteiger partial charge in [0.1, 0.15) is 0 Å². The van der Waals surface area contributed by atoms with Crippen molar-refractivity contribution in [1.29, 1.82) is 0 Å². The van der Waals surface area contributed by atoms with Gasteiger partial charge >= 0.3 is 5.97 Å². The third-order valence-electron chi connectivity index (χ3n) is 2.51. The van der Waals surface area contributed by atoms with Crippen LogP contribution in [0.1, 0.15) is 17.4 Å². The Hall–Kier alpha value is -1.37. The van der Waals surface area contributed by atoms with E-state index in [0.29, 0.717) is 17.2 Å². The highest BCUT2D eigenvalue weighted by atomic mass is 35.5. The fourth-order valence-electron chi connectivity index (χ4n) is 1.75. The summed E-state index contributed by atoms with van der Waals surface area (Å²) in [6.07, 6.45) is 1.60. The summed E-state index contributed by atoms with van der Waals surface area (Å²) in [6.45, 7) is 5.82. The van der Waals surface area contributed by atoms with Crippen LogP contribution in [0, 0.1) is 6.92 Å². The zero-order valence-corrected chi connectivity index (χ0v) is 11.3. The smallest absolute Gasteiger partial charge is 0.327 e. The van der Waals surface area contributed by atoms with Crippen LogP contribution in [0.5, 0.6) is 0 Å². The minimum Gasteiger partial charge on any atom is -0.480 e. The average molecular weight is 286 g/mol. The third-order valence-corrected chi connectivity index (χ3v) is 3.73. The second-order valence-corrected chi connectivity index (χ2v) is 4.95. The second-order valence-electron chi connectivity index (χ2n) is 3.75. The van der Waals surface area contributed by atoms with E-state index in [1.54, 1.807) is 10.5 Å². The first kappa shape index (κ1) is 13.1. The van der Waals surface area contributed by atoms with Crippen LogP contribution in [0.25, 0.3) is 4.96 Å². The third kappa shape index (κ3) is 2.14. The molecular weight excluding hydrogens is 274 g/mol. The zero-order valence-electron chi connectivity index (χ0n) is 9.68. The Bertz CT molecular complexity index is 605. The summed E-state index contributed by atoms with van der Waals surface area (Å²) in [4.78, 5) is 16.2. The number of carbonyl (C=O) groups is 1. The van der Waals surface area contributed by atoms with Crippen molar-refractivity contribution in [3.05, 3.63) is 34.6 Å². The molecule has 1 unspecified atom stereocenters. The normalized spacial score (nSPS) is 12.8. The van der Waals surface area contributed by atoms with Crippen LogP contribution < -0.4 is 5.32 Å². The van der Waals surface area contributed by atoms with Gasteiger partial charge in [0.05, 0.1) is 5.69 Å². The molecule has 96 valence electrons. The Balaban J connectivity index is 2.54. The van der Waals surface area contributed by atoms with E-state index in [1.165, 1.54) is 11.3 Å². The summed E-state index contributed by atoms with van der Waals surface area (Å²) in [7, 11) is 0. The van der Waals surface area contributed by atoms with E-state index in [-0.39, 0.29) is 5.15 Å². The first-order valence-electron chi connectivity index (χ1n) is 5.25. The standard InChI is InChI=1S/C11H12ClN3O2S/c1-3-4-13-7(10(16)17)8-9(12)14-11-15(8)6(2)5-18-11/h3,5,7,13H,1,4H2,2H3,(H,16,17). The molecule has 0 aliphatic heterocycles. The Morgan fingerprint density at radius 1 is 1.83 bits per heavy atom. The zero-order chi connectivity index (χ0) is 13.3. The van der Waals surface area contributed by atoms with E-state index >= 15 is 0 Å². The number of nitrogens with zero attached hydrogens (tertiary/aromatic N) is 2. The molecule has 7 heteroatoms. The molecule has 0 aliphatic carbocycles. The Labute approximate surface area is 113 Å². The highest BCUT2D eigenvalue weighted by Crippen LogP contribution is 2.28. The molecule has 18 heavy (non-hydrogen) atoms. The molecule has 0 saturated heterocycles. The Morgan fingerprint density at radius 3 is 3.17 bits per heavy atom. The lowest BCUT2D eigenvalue weighted by Gasteiger charge is -2.13. The van der Waals surface area contributed by atoms with Gasteiger partial charge in [-0.1, -0.05) is 17.7 Å². The van der Waals surface area contributed by atoms with Crippen molar-refractivity contribution in [2.45, 2.75) is 13.0 Å². The maximum atomic E-state index is 11.3. The van der Waals surface area contributed by atoms with Gasteiger partial charge < -0.3 is 5.11 Å². The van der Waals surface area contributed by atoms with Crippen molar-refractivity contribution in [2.24, 2.45) is 0 Å². The average Bonchev–Trinajstić information content (AvgIpc) is 2.81. The number of nitrogens with one attached hydrogen (secondary N) is 1. The van der Waals surface area contributed by atoms with Crippen molar-refractivity contribution in [2.75, 3.05) is 6.54 Å². The van der Waals surface area contributed by atoms with Crippen molar-refractivity contribution in [3.63, 3.8) is 0 Å². The van der Waals surface area contributed by atoms with E-state index < -0.39 is 12.0 Å². The van der Waals surface area contributed by atoms with E-state index in [2.05, 4.69) is 16.9 Å². The number of hydrogen-bond donors (Lipinski definition) is 2. The molecule has 5 nitrogen and oxygen atoms in total. The first-order chi connectivity index (χ1) is 8.56. The van der Waals surface area contributed by atoms with E-state index in [4.69, 9.17) is 11.6 Å². The minimum atomic E-state index is -0.994. The van der Waals surface area contributed by atoms with E-state index in [0.717, 1.165) is 5.69 Å². The lowest BCUT2D eigenvalue weighted by molar-refractivity contribution is -0.139. The molecule has 0 fully saturated rings. The molecule has 0 aliphatic rings. The molecular formula is C11H12ClN3O2S. The fraction of sp³-hybridized carbons (Fsp3) is 0.273. The summed E-state index contributed by atoms with van der Waals surface area (Å²) in [5.41, 5.74) is 1.37. The molecule has 2 aromatic heterocycles. The Morgan fingerprint density at radius 2 is 2.56 bits per heavy atom. The molecule has 0 aromatic carbocycles. The molecule has 2 heterocycles. The monoisotopic (exact) mass is 285 g/mol. The molecule has 2 rings (SSSR count). The van der Waals surface area contributed by atoms with Crippen LogP contribution in [0.3, 0.4) is 0 Å². The van der Waals surface area contributed by atoms with Crippen molar-refractivity contribution in [1.82, 2.24) is 14.7 Å². The first-order valence-corrected chi connectivity index (χ1v) is 6.51. The minimum absolute atomic E-state index is 0.217. The summed E-state index contributed by atoms with van der Waals surface area (Å²) in [6, 6.07) is -0.904. The van der Waals surface area contributed by atoms with Gasteiger partial charge in [0, 0.05) is 17.6 Å². The summed E-state index contributed by atoms with van der Waals surface area (Å²) < 4.78 is 1.77. The van der Waals surface area contributed by atoms with Crippen LogP contribution in [-0.4, -0.2) is 27.0 Å². The van der Waals surface area contributed by atoms with Gasteiger partial charge in [-0.05, 0) is 6.92 Å². The van der Waals surface area contributed by atoms with Gasteiger partial charge in [-0.15, -0.1) is 17.9 Å². The summed E-state index contributed by atoms with van der Waals surface area (Å²) >= 11 is 7.47. The molecule has 0 radical (unpaired) electrons. The van der Waals surface area contributed by atoms with Gasteiger partial charge in [0.25, 0.3) is 0 Å². The van der Waals surface area contributed by atoms with Crippen molar-refractivity contribution in [3.8, 4) is 0 Å². The van der Waals surface area contributed by atoms with Crippen LogP contribution in [-0.2, 0) is 4.79 Å². The van der Waals surface area contributed by atoms with Crippen LogP contribution >= 0.6 is 22.9 Å². The van der Waals surface area contributed by atoms with Crippen molar-refractivity contribution < 1.29 is 9.90 Å². The molecule has 0 bridgehead atoms. The van der Waals surface area contributed by atoms with Gasteiger partial charge in [-0.25, -0.2) is 4.98 Å². The predicted molar refractivity (Wildman–Crippen MR) is 71.4 cm³/mol. The fourth-order valence-corrected chi connectivity index (χ4v) is 2.94. The highest BCUT2D eigenvalue weighted by Gasteiger charge is 2.27. The number of fused-ring (bicyclic) bond motifs is 1. The van der Waals surface area contributed by atoms with Gasteiger partial charge in [0.15, 0.2) is 16.2 Å². The maximum absolute atomic E-state index is 11.3. The lowest BCUT2D eigenvalue weighted by atomic mass is 10.2. The number of thiazole rings is 1. The molecule has 0 amide bonds. The van der Waals surface area contributed by atoms with Gasteiger partial charge in [0.2, 0.25) is 0 Å². The number of rotatable bonds is 5. The molecule has 2 N–H and O–H groups in total. The van der Waals surface area contributed by atoms with Gasteiger partial charge in [-0.2, -0.15) is 0 Å². The number of carboxylic acids is 1. The lowest BCUT2D eigenvalue weighted by Crippen LogP contribution is -2.30. The van der Waals surface area contributed by atoms with E-state index in [9.17, 15) is 9.90 Å². The van der Waals surface area contributed by atoms with Crippen LogP contribution in [0.15, 0.2) is 18.0 Å². The highest BCUT2D eigenvalue weighted by molar-refractivity contribution is 7.15. The number of imidazole rings is 1. The van der Waals surface area contributed by atoms with Gasteiger partial charge in [-0.3, -0.25) is 14.5 Å². The van der Waals surface area contributed by atoms with Crippen LogP contribution in [0.2, 0.25) is 5.15 Å². The predicted octanol–water partition coefficient (Wildman–Crippen LogP) is 2.26. The van der Waals surface area contributed by atoms with Crippen molar-refractivity contribution >= 4 is 33.9 Å². The number of aliphatic carboxylic acids is 1. The molecule has 0 saturated carbocycles. The largest absolute Gasteiger partial charge is 0.480 e. The maximum Gasteiger partial charge on any atom is 0.327 e. The number of aromatic nitrogens is 2. The van der Waals surface area contributed by atoms with Crippen LogP contribution in [0.4, 0.5) is 0 Å². The summed E-state index contributed by atoms with van der Waals surface area (Å²) in [5.74, 6) is -0.994. The number of hydrogen-bond acceptors (Lipinski definition) is 4. The number of aryl methyl sites for hydroxylation is 1. The topological polar surface area (TPSA) is 66.6 Å².